The molecule has 128 valence electrons. The van der Waals surface area contributed by atoms with E-state index >= 15 is 0 Å². The van der Waals surface area contributed by atoms with Crippen molar-refractivity contribution < 1.29 is 13.9 Å². The number of carbonyl (C=O) groups excluding carboxylic acids is 2. The van der Waals surface area contributed by atoms with E-state index in [9.17, 15) is 9.59 Å². The maximum Gasteiger partial charge on any atom is 0.345 e. The molecule has 1 aliphatic carbocycles. The van der Waals surface area contributed by atoms with Crippen LogP contribution in [0.5, 0.6) is 0 Å². The Balaban J connectivity index is 1.34. The molecule has 0 aromatic rings. The minimum atomic E-state index is -0.367. The Kier molecular flexibility index (Phi) is 3.93. The number of urea groups is 1. The van der Waals surface area contributed by atoms with E-state index in [0.717, 1.165) is 32.4 Å². The van der Waals surface area contributed by atoms with E-state index in [4.69, 9.17) is 4.28 Å². The van der Waals surface area contributed by atoms with Gasteiger partial charge in [0.15, 0.2) is 0 Å². The number of fused-ring (bicyclic) bond motifs is 2. The van der Waals surface area contributed by atoms with Crippen LogP contribution in [0.15, 0.2) is 0 Å². The molecule has 2 unspecified atom stereocenters. The summed E-state index contributed by atoms with van der Waals surface area (Å²) < 4.78 is 4.86. The predicted molar refractivity (Wildman–Crippen MR) is 86.5 cm³/mol. The molecule has 23 heavy (non-hydrogen) atoms. The van der Waals surface area contributed by atoms with Crippen molar-refractivity contribution in [2.24, 2.45) is 5.41 Å². The lowest BCUT2D eigenvalue weighted by atomic mass is 9.68. The monoisotopic (exact) mass is 340 g/mol. The van der Waals surface area contributed by atoms with Crippen molar-refractivity contribution in [3.8, 4) is 0 Å². The van der Waals surface area contributed by atoms with E-state index in [1.165, 1.54) is 17.9 Å². The number of rotatable bonds is 3. The third-order valence-corrected chi connectivity index (χ3v) is 6.28. The Morgan fingerprint density at radius 1 is 1.26 bits per heavy atom. The highest BCUT2D eigenvalue weighted by Gasteiger charge is 2.48. The zero-order valence-corrected chi connectivity index (χ0v) is 14.1. The summed E-state index contributed by atoms with van der Waals surface area (Å²) in [6, 6.07) is -0.342. The SMILES string of the molecule is O=C(NC1CCC2(CC1)CNC2)C1CCC2CN1C(=O)N2OS. The smallest absolute Gasteiger partial charge is 0.345 e. The molecule has 3 aliphatic heterocycles. The molecule has 0 aromatic carbocycles. The number of thiol groups is 1. The topological polar surface area (TPSA) is 73.9 Å². The molecule has 8 heteroatoms. The molecule has 7 nitrogen and oxygen atoms in total. The van der Waals surface area contributed by atoms with Gasteiger partial charge in [-0.1, -0.05) is 0 Å². The van der Waals surface area contributed by atoms with Crippen LogP contribution in [0.25, 0.3) is 0 Å². The third kappa shape index (κ3) is 2.60. The van der Waals surface area contributed by atoms with Gasteiger partial charge < -0.3 is 15.5 Å². The minimum Gasteiger partial charge on any atom is -0.352 e. The Bertz CT molecular complexity index is 503. The number of hydrogen-bond acceptors (Lipinski definition) is 5. The highest BCUT2D eigenvalue weighted by atomic mass is 32.1. The molecule has 0 aromatic heterocycles. The van der Waals surface area contributed by atoms with E-state index < -0.39 is 0 Å². The summed E-state index contributed by atoms with van der Waals surface area (Å²) in [5.74, 6) is -0.00880. The van der Waals surface area contributed by atoms with Crippen LogP contribution in [0.2, 0.25) is 0 Å². The Labute approximate surface area is 141 Å². The molecule has 4 aliphatic rings. The van der Waals surface area contributed by atoms with Gasteiger partial charge in [-0.15, -0.1) is 0 Å². The van der Waals surface area contributed by atoms with E-state index in [2.05, 4.69) is 23.5 Å². The van der Waals surface area contributed by atoms with Crippen molar-refractivity contribution in [3.63, 3.8) is 0 Å². The fourth-order valence-corrected chi connectivity index (χ4v) is 4.72. The van der Waals surface area contributed by atoms with E-state index in [1.807, 2.05) is 0 Å². The third-order valence-electron chi connectivity index (χ3n) is 6.11. The van der Waals surface area contributed by atoms with Crippen LogP contribution >= 0.6 is 12.9 Å². The molecule has 2 atom stereocenters. The van der Waals surface area contributed by atoms with Gasteiger partial charge in [0.25, 0.3) is 0 Å². The van der Waals surface area contributed by atoms with Crippen molar-refractivity contribution in [1.82, 2.24) is 20.6 Å². The number of nitrogens with zero attached hydrogens (tertiary/aromatic N) is 2. The molecule has 3 heterocycles. The van der Waals surface area contributed by atoms with Gasteiger partial charge in [-0.25, -0.2) is 9.08 Å². The van der Waals surface area contributed by atoms with Crippen molar-refractivity contribution in [1.29, 1.82) is 0 Å². The number of amides is 3. The largest absolute Gasteiger partial charge is 0.352 e. The minimum absolute atomic E-state index is 0.00880. The van der Waals surface area contributed by atoms with Crippen LogP contribution in [0.4, 0.5) is 4.79 Å². The second-order valence-electron chi connectivity index (χ2n) is 7.48. The van der Waals surface area contributed by atoms with Gasteiger partial charge in [-0.2, -0.15) is 5.06 Å². The second-order valence-corrected chi connectivity index (χ2v) is 7.64. The van der Waals surface area contributed by atoms with Crippen molar-refractivity contribution >= 4 is 24.8 Å². The molecule has 1 spiro atoms. The normalized spacial score (nSPS) is 33.0. The van der Waals surface area contributed by atoms with E-state index in [0.29, 0.717) is 18.4 Å². The van der Waals surface area contributed by atoms with Gasteiger partial charge in [-0.05, 0) is 43.9 Å². The molecular weight excluding hydrogens is 316 g/mol. The van der Waals surface area contributed by atoms with Gasteiger partial charge in [-0.3, -0.25) is 4.79 Å². The Hall–Kier alpha value is -0.990. The molecule has 3 saturated heterocycles. The molecule has 0 radical (unpaired) electrons. The maximum absolute atomic E-state index is 12.6. The lowest BCUT2D eigenvalue weighted by Gasteiger charge is -2.47. The first-order valence-electron chi connectivity index (χ1n) is 8.54. The molecule has 4 fully saturated rings. The Morgan fingerprint density at radius 3 is 2.61 bits per heavy atom. The van der Waals surface area contributed by atoms with Crippen LogP contribution in [-0.4, -0.2) is 59.7 Å². The maximum atomic E-state index is 12.6. The van der Waals surface area contributed by atoms with Crippen molar-refractivity contribution in [2.45, 2.75) is 56.7 Å². The van der Waals surface area contributed by atoms with Gasteiger partial charge in [0.1, 0.15) is 6.04 Å². The van der Waals surface area contributed by atoms with Crippen LogP contribution in [0.3, 0.4) is 0 Å². The first-order valence-corrected chi connectivity index (χ1v) is 8.91. The summed E-state index contributed by atoms with van der Waals surface area (Å²) in [6.07, 6.45) is 5.92. The van der Waals surface area contributed by atoms with Crippen molar-refractivity contribution in [3.05, 3.63) is 0 Å². The molecule has 2 N–H and O–H groups in total. The second kappa shape index (κ2) is 5.82. The summed E-state index contributed by atoms with van der Waals surface area (Å²) in [5, 5.41) is 7.82. The van der Waals surface area contributed by atoms with Crippen LogP contribution in [0, 0.1) is 5.41 Å². The Morgan fingerprint density at radius 2 is 2.00 bits per heavy atom. The zero-order valence-electron chi connectivity index (χ0n) is 13.2. The number of hydroxylamine groups is 2. The van der Waals surface area contributed by atoms with Gasteiger partial charge in [0.05, 0.1) is 6.04 Å². The summed E-state index contributed by atoms with van der Waals surface area (Å²) in [4.78, 5) is 26.5. The molecule has 3 amide bonds. The standard InChI is InChI=1S/C15H24N4O3S/c20-13(17-10-3-5-15(6-4-10)8-16-9-15)12-2-1-11-7-18(12)14(21)19(11)22-23/h10-12,16,23H,1-9H2,(H,17,20). The lowest BCUT2D eigenvalue weighted by molar-refractivity contribution is -0.127. The summed E-state index contributed by atoms with van der Waals surface area (Å²) in [6.45, 7) is 2.80. The van der Waals surface area contributed by atoms with Gasteiger partial charge in [0, 0.05) is 38.6 Å². The van der Waals surface area contributed by atoms with E-state index in [1.54, 1.807) is 4.90 Å². The van der Waals surface area contributed by atoms with Crippen LogP contribution < -0.4 is 10.6 Å². The number of nitrogens with one attached hydrogen (secondary N) is 2. The average molecular weight is 340 g/mol. The highest BCUT2D eigenvalue weighted by molar-refractivity contribution is 7.75. The average Bonchev–Trinajstić information content (AvgIpc) is 2.77. The van der Waals surface area contributed by atoms with Gasteiger partial charge >= 0.3 is 6.03 Å². The summed E-state index contributed by atoms with van der Waals surface area (Å²) in [5.41, 5.74) is 0.495. The summed E-state index contributed by atoms with van der Waals surface area (Å²) >= 11 is 3.75. The van der Waals surface area contributed by atoms with Crippen LogP contribution in [0.1, 0.15) is 38.5 Å². The van der Waals surface area contributed by atoms with Crippen molar-refractivity contribution in [2.75, 3.05) is 19.6 Å². The lowest BCUT2D eigenvalue weighted by Crippen LogP contribution is -2.58. The quantitative estimate of drug-likeness (QED) is 0.522. The fourth-order valence-electron chi connectivity index (χ4n) is 4.52. The molecule has 2 bridgehead atoms. The number of hydrogen-bond donors (Lipinski definition) is 3. The molecule has 4 rings (SSSR count). The highest BCUT2D eigenvalue weighted by Crippen LogP contribution is 2.39. The summed E-state index contributed by atoms with van der Waals surface area (Å²) in [7, 11) is 0. The fraction of sp³-hybridized carbons (Fsp3) is 0.867. The van der Waals surface area contributed by atoms with Gasteiger partial charge in [0.2, 0.25) is 5.91 Å². The molecular formula is C15H24N4O3S. The first-order chi connectivity index (χ1) is 11.1. The van der Waals surface area contributed by atoms with E-state index in [-0.39, 0.29) is 30.1 Å². The number of piperidine rings is 1. The predicted octanol–water partition coefficient (Wildman–Crippen LogP) is 0.680. The first kappa shape index (κ1) is 15.5. The number of carbonyl (C=O) groups is 2. The molecule has 1 saturated carbocycles. The van der Waals surface area contributed by atoms with Crippen LogP contribution in [-0.2, 0) is 9.08 Å². The zero-order chi connectivity index (χ0) is 16.0.